The van der Waals surface area contributed by atoms with Crippen LogP contribution in [0.1, 0.15) is 39.9 Å². The number of nitrogens with one attached hydrogen (secondary N) is 1. The van der Waals surface area contributed by atoms with Crippen LogP contribution < -0.4 is 5.32 Å². The molecule has 0 saturated carbocycles. The van der Waals surface area contributed by atoms with Gasteiger partial charge in [0.1, 0.15) is 0 Å². The van der Waals surface area contributed by atoms with E-state index in [-0.39, 0.29) is 31.3 Å². The van der Waals surface area contributed by atoms with E-state index in [2.05, 4.69) is 15.3 Å². The molecule has 0 saturated heterocycles. The molecule has 1 N–H and O–H groups in total. The molecule has 4 aromatic rings. The van der Waals surface area contributed by atoms with Gasteiger partial charge in [-0.3, -0.25) is 14.9 Å². The lowest BCUT2D eigenvalue weighted by Gasteiger charge is -2.29. The van der Waals surface area contributed by atoms with E-state index in [1.807, 2.05) is 42.1 Å². The number of rotatable bonds is 8. The number of anilines is 1. The molecule has 2 amide bonds. The third-order valence-electron chi connectivity index (χ3n) is 6.66. The van der Waals surface area contributed by atoms with Crippen molar-refractivity contribution in [3.05, 3.63) is 89.4 Å². The minimum atomic E-state index is -5.10. The van der Waals surface area contributed by atoms with Crippen LogP contribution in [0, 0.1) is 0 Å². The van der Waals surface area contributed by atoms with Gasteiger partial charge in [0.15, 0.2) is 0 Å². The van der Waals surface area contributed by atoms with E-state index in [0.717, 1.165) is 21.4 Å². The third kappa shape index (κ3) is 7.02. The van der Waals surface area contributed by atoms with Crippen LogP contribution in [0.2, 0.25) is 0 Å². The second kappa shape index (κ2) is 11.6. The first-order chi connectivity index (χ1) is 19.2. The van der Waals surface area contributed by atoms with Crippen LogP contribution in [0.3, 0.4) is 0 Å². The summed E-state index contributed by atoms with van der Waals surface area (Å²) in [6.45, 7) is 0. The highest BCUT2D eigenvalue weighted by Gasteiger charge is 2.38. The molecular formula is C28H25F6N5O2. The van der Waals surface area contributed by atoms with Crippen molar-refractivity contribution >= 4 is 28.7 Å². The molecule has 41 heavy (non-hydrogen) atoms. The average Bonchev–Trinajstić information content (AvgIpc) is 3.24. The Bertz CT molecular complexity index is 1520. The number of aryl methyl sites for hydroxylation is 1. The SMILES string of the molecule is CN(C(=O)c1cc(C(F)(F)F)cc(C(F)(F)F)c1)C(CCC(=O)Nc1ncccn1)Cc1cn(C)c2ccccc12. The minimum Gasteiger partial charge on any atom is -0.350 e. The van der Waals surface area contributed by atoms with Gasteiger partial charge in [0.2, 0.25) is 11.9 Å². The van der Waals surface area contributed by atoms with E-state index in [0.29, 0.717) is 12.1 Å². The molecular weight excluding hydrogens is 552 g/mol. The number of halogens is 6. The Hall–Kier alpha value is -4.42. The van der Waals surface area contributed by atoms with Crippen molar-refractivity contribution < 1.29 is 35.9 Å². The van der Waals surface area contributed by atoms with Gasteiger partial charge in [-0.1, -0.05) is 18.2 Å². The highest BCUT2D eigenvalue weighted by atomic mass is 19.4. The Morgan fingerprint density at radius 1 is 0.951 bits per heavy atom. The van der Waals surface area contributed by atoms with Gasteiger partial charge in [-0.15, -0.1) is 0 Å². The molecule has 1 atom stereocenters. The van der Waals surface area contributed by atoms with Crippen LogP contribution >= 0.6 is 0 Å². The van der Waals surface area contributed by atoms with Gasteiger partial charge in [0, 0.05) is 61.6 Å². The van der Waals surface area contributed by atoms with Gasteiger partial charge >= 0.3 is 12.4 Å². The number of fused-ring (bicyclic) bond motifs is 1. The third-order valence-corrected chi connectivity index (χ3v) is 6.66. The quantitative estimate of drug-likeness (QED) is 0.257. The zero-order valence-corrected chi connectivity index (χ0v) is 21.9. The van der Waals surface area contributed by atoms with E-state index >= 15 is 0 Å². The summed E-state index contributed by atoms with van der Waals surface area (Å²) in [6, 6.07) is 9.01. The second-order valence-electron chi connectivity index (χ2n) is 9.51. The fraction of sp³-hybridized carbons (Fsp3) is 0.286. The lowest BCUT2D eigenvalue weighted by atomic mass is 9.98. The summed E-state index contributed by atoms with van der Waals surface area (Å²) < 4.78 is 82.5. The number of carbonyl (C=O) groups excluding carboxylic acids is 2. The van der Waals surface area contributed by atoms with Crippen LogP contribution in [-0.4, -0.2) is 44.3 Å². The molecule has 0 aliphatic carbocycles. The number of hydrogen-bond acceptors (Lipinski definition) is 4. The zero-order valence-electron chi connectivity index (χ0n) is 21.9. The summed E-state index contributed by atoms with van der Waals surface area (Å²) in [4.78, 5) is 34.9. The van der Waals surface area contributed by atoms with Gasteiger partial charge in [-0.05, 0) is 48.7 Å². The molecule has 0 aliphatic rings. The highest BCUT2D eigenvalue weighted by Crippen LogP contribution is 2.37. The van der Waals surface area contributed by atoms with Crippen LogP contribution in [0.4, 0.5) is 32.3 Å². The van der Waals surface area contributed by atoms with Crippen molar-refractivity contribution in [3.8, 4) is 0 Å². The second-order valence-corrected chi connectivity index (χ2v) is 9.51. The number of aromatic nitrogens is 3. The number of likely N-dealkylation sites (N-methyl/N-ethyl adjacent to an activating group) is 1. The van der Waals surface area contributed by atoms with Crippen molar-refractivity contribution in [1.82, 2.24) is 19.4 Å². The molecule has 2 aromatic carbocycles. The highest BCUT2D eigenvalue weighted by molar-refractivity contribution is 5.95. The molecule has 2 heterocycles. The Labute approximate surface area is 230 Å². The van der Waals surface area contributed by atoms with Crippen molar-refractivity contribution in [1.29, 1.82) is 0 Å². The Morgan fingerprint density at radius 3 is 2.17 bits per heavy atom. The minimum absolute atomic E-state index is 0.0274. The summed E-state index contributed by atoms with van der Waals surface area (Å²) in [5.74, 6) is -1.45. The average molecular weight is 578 g/mol. The molecule has 1 unspecified atom stereocenters. The first-order valence-corrected chi connectivity index (χ1v) is 12.4. The standard InChI is InChI=1S/C28H25F6N5O2/c1-38-16-18(22-6-3-4-7-23(22)38)14-21(8-9-24(40)37-26-35-10-5-11-36-26)39(2)25(41)17-12-19(27(29,30)31)15-20(13-17)28(32,33)34/h3-7,10-13,15-16,21H,8-9,14H2,1-2H3,(H,35,36,37,40). The summed E-state index contributed by atoms with van der Waals surface area (Å²) >= 11 is 0. The van der Waals surface area contributed by atoms with Crippen LogP contribution in [0.5, 0.6) is 0 Å². The molecule has 0 fully saturated rings. The topological polar surface area (TPSA) is 80.1 Å². The van der Waals surface area contributed by atoms with E-state index in [1.54, 1.807) is 6.07 Å². The van der Waals surface area contributed by atoms with E-state index in [1.165, 1.54) is 19.4 Å². The Morgan fingerprint density at radius 2 is 1.56 bits per heavy atom. The summed E-state index contributed by atoms with van der Waals surface area (Å²) in [6.07, 6.45) is -5.39. The monoisotopic (exact) mass is 577 g/mol. The van der Waals surface area contributed by atoms with Crippen LogP contribution in [0.15, 0.2) is 67.1 Å². The number of amides is 2. The lowest BCUT2D eigenvalue weighted by molar-refractivity contribution is -0.143. The predicted octanol–water partition coefficient (Wildman–Crippen LogP) is 6.11. The van der Waals surface area contributed by atoms with Crippen molar-refractivity contribution in [2.75, 3.05) is 12.4 Å². The zero-order chi connectivity index (χ0) is 29.9. The Balaban J connectivity index is 1.66. The molecule has 0 radical (unpaired) electrons. The number of benzene rings is 2. The fourth-order valence-corrected chi connectivity index (χ4v) is 4.57. The maximum atomic E-state index is 13.4. The lowest BCUT2D eigenvalue weighted by Crippen LogP contribution is -2.39. The van der Waals surface area contributed by atoms with Crippen LogP contribution in [-0.2, 0) is 30.6 Å². The summed E-state index contributed by atoms with van der Waals surface area (Å²) in [7, 11) is 3.12. The predicted molar refractivity (Wildman–Crippen MR) is 139 cm³/mol. The largest absolute Gasteiger partial charge is 0.416 e. The van der Waals surface area contributed by atoms with E-state index in [9.17, 15) is 35.9 Å². The van der Waals surface area contributed by atoms with E-state index in [4.69, 9.17) is 0 Å². The van der Waals surface area contributed by atoms with Crippen molar-refractivity contribution in [2.24, 2.45) is 7.05 Å². The van der Waals surface area contributed by atoms with Gasteiger partial charge in [-0.2, -0.15) is 26.3 Å². The first-order valence-electron chi connectivity index (χ1n) is 12.4. The molecule has 216 valence electrons. The van der Waals surface area contributed by atoms with Gasteiger partial charge in [0.05, 0.1) is 11.1 Å². The molecule has 2 aromatic heterocycles. The van der Waals surface area contributed by atoms with Gasteiger partial charge in [-0.25, -0.2) is 9.97 Å². The number of para-hydroxylation sites is 1. The molecule has 7 nitrogen and oxygen atoms in total. The number of alkyl halides is 6. The maximum Gasteiger partial charge on any atom is 0.416 e. The Kier molecular flexibility index (Phi) is 8.36. The number of carbonyl (C=O) groups is 2. The van der Waals surface area contributed by atoms with Crippen LogP contribution in [0.25, 0.3) is 10.9 Å². The number of hydrogen-bond donors (Lipinski definition) is 1. The molecule has 4 rings (SSSR count). The van der Waals surface area contributed by atoms with E-state index < -0.39 is 46.9 Å². The smallest absolute Gasteiger partial charge is 0.350 e. The normalized spacial score (nSPS) is 12.8. The number of nitrogens with zero attached hydrogens (tertiary/aromatic N) is 4. The summed E-state index contributed by atoms with van der Waals surface area (Å²) in [5.41, 5.74) is -2.25. The molecule has 0 bridgehead atoms. The fourth-order valence-electron chi connectivity index (χ4n) is 4.57. The van der Waals surface area contributed by atoms with Gasteiger partial charge < -0.3 is 9.47 Å². The van der Waals surface area contributed by atoms with Crippen molar-refractivity contribution in [3.63, 3.8) is 0 Å². The van der Waals surface area contributed by atoms with Gasteiger partial charge in [0.25, 0.3) is 5.91 Å². The molecule has 13 heteroatoms. The molecule has 0 aliphatic heterocycles. The first kappa shape index (κ1) is 29.6. The summed E-state index contributed by atoms with van der Waals surface area (Å²) in [5, 5.41) is 3.39. The molecule has 0 spiro atoms. The van der Waals surface area contributed by atoms with Crippen molar-refractivity contribution in [2.45, 2.75) is 37.7 Å². The maximum absolute atomic E-state index is 13.4.